The highest BCUT2D eigenvalue weighted by molar-refractivity contribution is 5.91. The van der Waals surface area contributed by atoms with E-state index in [-0.39, 0.29) is 0 Å². The van der Waals surface area contributed by atoms with Crippen molar-refractivity contribution in [2.75, 3.05) is 43.4 Å². The Bertz CT molecular complexity index is 1190. The molecule has 0 bridgehead atoms. The second kappa shape index (κ2) is 9.78. The third-order valence-corrected chi connectivity index (χ3v) is 5.93. The first kappa shape index (κ1) is 20.5. The molecule has 0 amide bonds. The zero-order valence-corrected chi connectivity index (χ0v) is 18.1. The molecule has 0 unspecified atom stereocenters. The number of aromatic nitrogens is 3. The monoisotopic (exact) mass is 428 g/mol. The van der Waals surface area contributed by atoms with Crippen molar-refractivity contribution in [3.63, 3.8) is 0 Å². The molecule has 32 heavy (non-hydrogen) atoms. The van der Waals surface area contributed by atoms with E-state index >= 15 is 0 Å². The highest BCUT2D eigenvalue weighted by Gasteiger charge is 2.14. The van der Waals surface area contributed by atoms with Crippen LogP contribution in [0.15, 0.2) is 61.1 Å². The Morgan fingerprint density at radius 1 is 0.875 bits per heavy atom. The van der Waals surface area contributed by atoms with Gasteiger partial charge in [-0.15, -0.1) is 0 Å². The van der Waals surface area contributed by atoms with Crippen LogP contribution in [0.5, 0.6) is 5.75 Å². The smallest absolute Gasteiger partial charge is 0.137 e. The molecule has 1 saturated heterocycles. The summed E-state index contributed by atoms with van der Waals surface area (Å²) < 4.78 is 6.05. The van der Waals surface area contributed by atoms with Gasteiger partial charge in [0.1, 0.15) is 17.9 Å². The quantitative estimate of drug-likeness (QED) is 0.365. The van der Waals surface area contributed by atoms with Gasteiger partial charge in [0, 0.05) is 41.8 Å². The highest BCUT2D eigenvalue weighted by atomic mass is 16.5. The summed E-state index contributed by atoms with van der Waals surface area (Å²) in [4.78, 5) is 13.3. The molecule has 2 aromatic carbocycles. The van der Waals surface area contributed by atoms with Crippen molar-refractivity contribution in [1.29, 1.82) is 0 Å². The van der Waals surface area contributed by atoms with E-state index in [1.807, 2.05) is 48.7 Å². The van der Waals surface area contributed by atoms with Crippen molar-refractivity contribution in [2.24, 2.45) is 5.92 Å². The van der Waals surface area contributed by atoms with E-state index in [2.05, 4.69) is 37.0 Å². The van der Waals surface area contributed by atoms with Gasteiger partial charge in [0.2, 0.25) is 0 Å². The van der Waals surface area contributed by atoms with Gasteiger partial charge in [-0.25, -0.2) is 9.97 Å². The van der Waals surface area contributed by atoms with E-state index in [0.717, 1.165) is 71.8 Å². The van der Waals surface area contributed by atoms with E-state index in [1.165, 1.54) is 12.8 Å². The van der Waals surface area contributed by atoms with Crippen molar-refractivity contribution in [3.8, 4) is 5.75 Å². The number of nitrogens with zero attached hydrogens (tertiary/aromatic N) is 3. The maximum atomic E-state index is 6.05. The lowest BCUT2D eigenvalue weighted by Crippen LogP contribution is -2.30. The van der Waals surface area contributed by atoms with Crippen LogP contribution in [0, 0.1) is 5.92 Å². The number of pyridine rings is 1. The molecule has 4 aromatic rings. The molecule has 3 heterocycles. The molecule has 2 aromatic heterocycles. The van der Waals surface area contributed by atoms with Gasteiger partial charge in [-0.3, -0.25) is 4.98 Å². The Labute approximate surface area is 187 Å². The Kier molecular flexibility index (Phi) is 6.25. The summed E-state index contributed by atoms with van der Waals surface area (Å²) in [5.74, 6) is 2.33. The third-order valence-electron chi connectivity index (χ3n) is 5.93. The molecule has 0 atom stereocenters. The standard InChI is InChI=1S/C25H28N6O/c1-2-4-22-20(3-1)23(9-12-27-22)28-13-14-29-25-21-6-5-19(15-24(21)30-17-31-25)32-16-18-7-10-26-11-8-18/h1-6,9,12,15,17-18,26H,7-8,10-11,13-14,16H2,(H,27,28)(H,29,30,31). The van der Waals surface area contributed by atoms with E-state index in [1.54, 1.807) is 6.33 Å². The average Bonchev–Trinajstić information content (AvgIpc) is 2.86. The number of hydrogen-bond acceptors (Lipinski definition) is 7. The number of fused-ring (bicyclic) bond motifs is 2. The number of hydrogen-bond donors (Lipinski definition) is 3. The number of ether oxygens (including phenoxy) is 1. The van der Waals surface area contributed by atoms with Gasteiger partial charge < -0.3 is 20.7 Å². The number of nitrogens with one attached hydrogen (secondary N) is 3. The van der Waals surface area contributed by atoms with Crippen molar-refractivity contribution < 1.29 is 4.74 Å². The minimum atomic E-state index is 0.625. The Morgan fingerprint density at radius 3 is 2.69 bits per heavy atom. The summed E-state index contributed by atoms with van der Waals surface area (Å²) in [7, 11) is 0. The van der Waals surface area contributed by atoms with Crippen LogP contribution in [-0.2, 0) is 0 Å². The molecule has 164 valence electrons. The van der Waals surface area contributed by atoms with Crippen LogP contribution in [0.4, 0.5) is 11.5 Å². The van der Waals surface area contributed by atoms with Crippen LogP contribution in [0.25, 0.3) is 21.8 Å². The fourth-order valence-corrected chi connectivity index (χ4v) is 4.16. The zero-order valence-electron chi connectivity index (χ0n) is 18.1. The summed E-state index contributed by atoms with van der Waals surface area (Å²) >= 11 is 0. The first-order chi connectivity index (χ1) is 15.9. The van der Waals surface area contributed by atoms with Gasteiger partial charge in [-0.1, -0.05) is 18.2 Å². The predicted molar refractivity (Wildman–Crippen MR) is 129 cm³/mol. The van der Waals surface area contributed by atoms with Gasteiger partial charge in [0.05, 0.1) is 17.6 Å². The molecule has 3 N–H and O–H groups in total. The van der Waals surface area contributed by atoms with Crippen LogP contribution in [-0.4, -0.2) is 47.7 Å². The fraction of sp³-hybridized carbons (Fsp3) is 0.320. The van der Waals surface area contributed by atoms with E-state index in [9.17, 15) is 0 Å². The van der Waals surface area contributed by atoms with Crippen LogP contribution in [0.1, 0.15) is 12.8 Å². The SMILES string of the molecule is c1ccc2c(NCCNc3ncnc4cc(OCC5CCNCC5)ccc34)ccnc2c1. The van der Waals surface area contributed by atoms with Crippen molar-refractivity contribution in [3.05, 3.63) is 61.1 Å². The van der Waals surface area contributed by atoms with Gasteiger partial charge >= 0.3 is 0 Å². The van der Waals surface area contributed by atoms with E-state index in [0.29, 0.717) is 5.92 Å². The summed E-state index contributed by atoms with van der Waals surface area (Å²) in [5, 5.41) is 12.4. The maximum absolute atomic E-state index is 6.05. The van der Waals surface area contributed by atoms with Gasteiger partial charge in [-0.2, -0.15) is 0 Å². The largest absolute Gasteiger partial charge is 0.493 e. The second-order valence-electron chi connectivity index (χ2n) is 8.13. The Hall–Kier alpha value is -3.45. The van der Waals surface area contributed by atoms with Gasteiger partial charge in [-0.05, 0) is 56.1 Å². The first-order valence-corrected chi connectivity index (χ1v) is 11.3. The minimum Gasteiger partial charge on any atom is -0.493 e. The lowest BCUT2D eigenvalue weighted by atomic mass is 9.99. The molecule has 7 nitrogen and oxygen atoms in total. The minimum absolute atomic E-state index is 0.625. The van der Waals surface area contributed by atoms with Gasteiger partial charge in [0.15, 0.2) is 0 Å². The molecule has 7 heteroatoms. The zero-order chi connectivity index (χ0) is 21.6. The van der Waals surface area contributed by atoms with Crippen molar-refractivity contribution in [1.82, 2.24) is 20.3 Å². The maximum Gasteiger partial charge on any atom is 0.137 e. The first-order valence-electron chi connectivity index (χ1n) is 11.3. The molecule has 0 spiro atoms. The molecule has 5 rings (SSSR count). The summed E-state index contributed by atoms with van der Waals surface area (Å²) in [6, 6.07) is 16.2. The fourth-order valence-electron chi connectivity index (χ4n) is 4.16. The lowest BCUT2D eigenvalue weighted by molar-refractivity contribution is 0.215. The van der Waals surface area contributed by atoms with Crippen molar-refractivity contribution >= 4 is 33.3 Å². The molecular formula is C25H28N6O. The third kappa shape index (κ3) is 4.73. The highest BCUT2D eigenvalue weighted by Crippen LogP contribution is 2.25. The summed E-state index contributed by atoms with van der Waals surface area (Å²) in [6.45, 7) is 4.42. The topological polar surface area (TPSA) is 84.0 Å². The van der Waals surface area contributed by atoms with Crippen LogP contribution in [0.2, 0.25) is 0 Å². The molecule has 1 aliphatic rings. The summed E-state index contributed by atoms with van der Waals surface area (Å²) in [5.41, 5.74) is 2.96. The molecule has 0 saturated carbocycles. The normalized spacial score (nSPS) is 14.5. The Morgan fingerprint density at radius 2 is 1.75 bits per heavy atom. The average molecular weight is 429 g/mol. The number of anilines is 2. The van der Waals surface area contributed by atoms with Crippen LogP contribution >= 0.6 is 0 Å². The number of para-hydroxylation sites is 1. The Balaban J connectivity index is 1.19. The second-order valence-corrected chi connectivity index (χ2v) is 8.13. The molecule has 1 aliphatic heterocycles. The number of benzene rings is 2. The lowest BCUT2D eigenvalue weighted by Gasteiger charge is -2.22. The number of piperidine rings is 1. The number of rotatable bonds is 8. The molecule has 0 radical (unpaired) electrons. The van der Waals surface area contributed by atoms with Gasteiger partial charge in [0.25, 0.3) is 0 Å². The summed E-state index contributed by atoms with van der Waals surface area (Å²) in [6.07, 6.45) is 5.78. The van der Waals surface area contributed by atoms with Crippen LogP contribution in [0.3, 0.4) is 0 Å². The molecular weight excluding hydrogens is 400 g/mol. The predicted octanol–water partition coefficient (Wildman–Crippen LogP) is 4.08. The van der Waals surface area contributed by atoms with E-state index < -0.39 is 0 Å². The van der Waals surface area contributed by atoms with E-state index in [4.69, 9.17) is 4.74 Å². The van der Waals surface area contributed by atoms with Crippen LogP contribution < -0.4 is 20.7 Å². The molecule has 1 fully saturated rings. The molecule has 0 aliphatic carbocycles. The van der Waals surface area contributed by atoms with Crippen molar-refractivity contribution in [2.45, 2.75) is 12.8 Å².